The van der Waals surface area contributed by atoms with E-state index >= 15 is 0 Å². The minimum absolute atomic E-state index is 0.00574. The predicted octanol–water partition coefficient (Wildman–Crippen LogP) is 6.38. The summed E-state index contributed by atoms with van der Waals surface area (Å²) in [5.74, 6) is -1.13. The highest BCUT2D eigenvalue weighted by atomic mass is 35.5. The Labute approximate surface area is 228 Å². The Kier molecular flexibility index (Phi) is 7.95. The van der Waals surface area contributed by atoms with Crippen molar-refractivity contribution < 1.29 is 22.9 Å². The van der Waals surface area contributed by atoms with E-state index in [4.69, 9.17) is 23.2 Å². The van der Waals surface area contributed by atoms with Gasteiger partial charge >= 0.3 is 6.18 Å². The standard InChI is InChI=1S/C26H27Cl2F3N4O3/c1-15-4-3-8-32-22(15)13-33-24(36)19-6-5-18(12-23(19)35(37)38)34-9-7-25(14-34,26(29,30)31)20-10-17(27)11-21(28)16(20)2/h3,5-6,8,10-12,15-16,21H,4,7,9,13-14H2,1-2H3,(H,33,36). The zero-order valence-corrected chi connectivity index (χ0v) is 22.3. The van der Waals surface area contributed by atoms with Gasteiger partial charge in [-0.3, -0.25) is 19.9 Å². The van der Waals surface area contributed by atoms with E-state index in [0.29, 0.717) is 0 Å². The van der Waals surface area contributed by atoms with Crippen LogP contribution in [0.5, 0.6) is 0 Å². The summed E-state index contributed by atoms with van der Waals surface area (Å²) in [4.78, 5) is 29.7. The molecule has 1 saturated heterocycles. The molecule has 0 saturated carbocycles. The largest absolute Gasteiger partial charge is 0.399 e. The molecule has 1 aliphatic carbocycles. The van der Waals surface area contributed by atoms with Crippen LogP contribution < -0.4 is 10.2 Å². The number of nitro groups is 1. The van der Waals surface area contributed by atoms with Crippen LogP contribution in [0.2, 0.25) is 0 Å². The van der Waals surface area contributed by atoms with Gasteiger partial charge in [0.05, 0.1) is 16.8 Å². The van der Waals surface area contributed by atoms with Crippen molar-refractivity contribution >= 4 is 46.2 Å². The summed E-state index contributed by atoms with van der Waals surface area (Å²) in [5.41, 5.74) is -1.81. The molecular weight excluding hydrogens is 544 g/mol. The van der Waals surface area contributed by atoms with Gasteiger partial charge in [-0.15, -0.1) is 11.6 Å². The van der Waals surface area contributed by atoms with Gasteiger partial charge < -0.3 is 10.2 Å². The molecule has 204 valence electrons. The fourth-order valence-electron chi connectivity index (χ4n) is 5.25. The van der Waals surface area contributed by atoms with E-state index in [1.807, 2.05) is 13.0 Å². The minimum atomic E-state index is -4.60. The average Bonchev–Trinajstić information content (AvgIpc) is 3.32. The molecule has 1 aromatic carbocycles. The van der Waals surface area contributed by atoms with Crippen LogP contribution >= 0.6 is 23.2 Å². The van der Waals surface area contributed by atoms with Crippen molar-refractivity contribution in [3.8, 4) is 0 Å². The zero-order chi connectivity index (χ0) is 27.8. The highest BCUT2D eigenvalue weighted by Gasteiger charge is 2.61. The molecule has 1 amide bonds. The van der Waals surface area contributed by atoms with E-state index in [1.54, 1.807) is 13.1 Å². The second-order valence-electron chi connectivity index (χ2n) is 9.92. The molecule has 4 rings (SSSR count). The molecule has 12 heteroatoms. The monoisotopic (exact) mass is 570 g/mol. The average molecular weight is 571 g/mol. The van der Waals surface area contributed by atoms with E-state index < -0.39 is 45.9 Å². The van der Waals surface area contributed by atoms with Crippen molar-refractivity contribution in [1.29, 1.82) is 0 Å². The lowest BCUT2D eigenvalue weighted by molar-refractivity contribution is -0.385. The second-order valence-corrected chi connectivity index (χ2v) is 10.9. The lowest BCUT2D eigenvalue weighted by Crippen LogP contribution is -2.45. The molecular formula is C26H27Cl2F3N4O3. The second kappa shape index (κ2) is 10.7. The number of hydrogen-bond donors (Lipinski definition) is 1. The molecule has 1 aromatic rings. The Hall–Kier alpha value is -2.85. The first-order chi connectivity index (χ1) is 17.8. The maximum atomic E-state index is 14.6. The SMILES string of the molecule is CC1CC=CN=C1CNC(=O)c1ccc(N2CCC(C3=CC(Cl)=CC(Cl)C3C)(C(F)(F)F)C2)cc1[N+](=O)[O-]. The van der Waals surface area contributed by atoms with Gasteiger partial charge in [0, 0.05) is 41.8 Å². The number of benzene rings is 1. The van der Waals surface area contributed by atoms with E-state index in [0.717, 1.165) is 18.2 Å². The molecule has 3 aliphatic rings. The number of hydrogen-bond acceptors (Lipinski definition) is 5. The molecule has 4 unspecified atom stereocenters. The smallest absolute Gasteiger partial charge is 0.370 e. The van der Waals surface area contributed by atoms with E-state index in [1.165, 1.54) is 29.2 Å². The van der Waals surface area contributed by atoms with Crippen LogP contribution in [-0.2, 0) is 0 Å². The molecule has 0 radical (unpaired) electrons. The summed E-state index contributed by atoms with van der Waals surface area (Å²) in [5, 5.41) is 14.0. The van der Waals surface area contributed by atoms with Crippen LogP contribution in [0.15, 0.2) is 58.2 Å². The minimum Gasteiger partial charge on any atom is -0.370 e. The number of nitro benzene ring substituents is 1. The first kappa shape index (κ1) is 28.2. The normalized spacial score (nSPS) is 27.5. The summed E-state index contributed by atoms with van der Waals surface area (Å²) in [6, 6.07) is 3.87. The number of allylic oxidation sites excluding steroid dienone is 4. The molecule has 0 spiro atoms. The number of alkyl halides is 4. The van der Waals surface area contributed by atoms with Crippen molar-refractivity contribution in [3.05, 3.63) is 68.9 Å². The van der Waals surface area contributed by atoms with Crippen LogP contribution in [0.25, 0.3) is 0 Å². The maximum Gasteiger partial charge on any atom is 0.399 e. The van der Waals surface area contributed by atoms with Crippen LogP contribution in [0, 0.1) is 27.4 Å². The number of carbonyl (C=O) groups excluding carboxylic acids is 1. The van der Waals surface area contributed by atoms with Gasteiger partial charge in [-0.25, -0.2) is 0 Å². The fraction of sp³-hybridized carbons (Fsp3) is 0.462. The Bertz CT molecular complexity index is 1260. The number of halogens is 5. The van der Waals surface area contributed by atoms with Crippen molar-refractivity contribution in [2.75, 3.05) is 24.5 Å². The van der Waals surface area contributed by atoms with Crippen molar-refractivity contribution in [2.24, 2.45) is 22.2 Å². The van der Waals surface area contributed by atoms with Gasteiger partial charge in [0.15, 0.2) is 0 Å². The number of rotatable bonds is 6. The number of nitrogens with zero attached hydrogens (tertiary/aromatic N) is 3. The first-order valence-electron chi connectivity index (χ1n) is 12.2. The quantitative estimate of drug-likeness (QED) is 0.244. The van der Waals surface area contributed by atoms with Crippen molar-refractivity contribution in [2.45, 2.75) is 38.2 Å². The van der Waals surface area contributed by atoms with Crippen LogP contribution in [-0.4, -0.2) is 47.7 Å². The molecule has 1 fully saturated rings. The summed E-state index contributed by atoms with van der Waals surface area (Å²) in [7, 11) is 0. The van der Waals surface area contributed by atoms with Crippen LogP contribution in [0.1, 0.15) is 37.0 Å². The van der Waals surface area contributed by atoms with Gasteiger partial charge in [-0.1, -0.05) is 31.5 Å². The van der Waals surface area contributed by atoms with E-state index in [2.05, 4.69) is 10.3 Å². The fourth-order valence-corrected chi connectivity index (χ4v) is 5.84. The molecule has 0 bridgehead atoms. The van der Waals surface area contributed by atoms with Gasteiger partial charge in [0.25, 0.3) is 11.6 Å². The lowest BCUT2D eigenvalue weighted by atomic mass is 9.71. The summed E-state index contributed by atoms with van der Waals surface area (Å²) >= 11 is 12.4. The number of amides is 1. The maximum absolute atomic E-state index is 14.6. The lowest BCUT2D eigenvalue weighted by Gasteiger charge is -2.39. The first-order valence-corrected chi connectivity index (χ1v) is 13.0. The van der Waals surface area contributed by atoms with Gasteiger partial charge in [-0.2, -0.15) is 13.2 Å². The zero-order valence-electron chi connectivity index (χ0n) is 20.8. The van der Waals surface area contributed by atoms with Crippen LogP contribution in [0.4, 0.5) is 24.5 Å². The molecule has 38 heavy (non-hydrogen) atoms. The number of aliphatic imine (C=N–C) groups is 1. The summed E-state index contributed by atoms with van der Waals surface area (Å²) in [6.45, 7) is 3.29. The van der Waals surface area contributed by atoms with E-state index in [-0.39, 0.29) is 47.3 Å². The Morgan fingerprint density at radius 2 is 2.08 bits per heavy atom. The van der Waals surface area contributed by atoms with Crippen molar-refractivity contribution in [3.63, 3.8) is 0 Å². The Morgan fingerprint density at radius 1 is 1.34 bits per heavy atom. The van der Waals surface area contributed by atoms with E-state index in [9.17, 15) is 28.1 Å². The third kappa shape index (κ3) is 5.33. The molecule has 2 aliphatic heterocycles. The predicted molar refractivity (Wildman–Crippen MR) is 142 cm³/mol. The van der Waals surface area contributed by atoms with Crippen LogP contribution in [0.3, 0.4) is 0 Å². The molecule has 2 heterocycles. The van der Waals surface area contributed by atoms with Gasteiger partial charge in [0.1, 0.15) is 11.0 Å². The summed E-state index contributed by atoms with van der Waals surface area (Å²) < 4.78 is 43.8. The molecule has 0 aromatic heterocycles. The number of nitrogens with one attached hydrogen (secondary N) is 1. The third-order valence-corrected chi connectivity index (χ3v) is 8.31. The van der Waals surface area contributed by atoms with Gasteiger partial charge in [-0.05, 0) is 54.5 Å². The summed E-state index contributed by atoms with van der Waals surface area (Å²) in [6.07, 6.45) is 2.33. The highest BCUT2D eigenvalue weighted by Crippen LogP contribution is 2.55. The van der Waals surface area contributed by atoms with Crippen molar-refractivity contribution in [1.82, 2.24) is 5.32 Å². The molecule has 4 atom stereocenters. The van der Waals surface area contributed by atoms with Gasteiger partial charge in [0.2, 0.25) is 0 Å². The highest BCUT2D eigenvalue weighted by molar-refractivity contribution is 6.32. The molecule has 7 nitrogen and oxygen atoms in total. The molecule has 1 N–H and O–H groups in total. The topological polar surface area (TPSA) is 87.8 Å². The number of carbonyl (C=O) groups is 1. The Morgan fingerprint density at radius 3 is 2.74 bits per heavy atom. The Balaban J connectivity index is 1.60. The number of anilines is 1. The third-order valence-electron chi connectivity index (χ3n) is 7.57.